The van der Waals surface area contributed by atoms with Crippen molar-refractivity contribution in [3.05, 3.63) is 53.1 Å². The van der Waals surface area contributed by atoms with E-state index in [1.54, 1.807) is 4.90 Å². The monoisotopic (exact) mass is 408 g/mol. The highest BCUT2D eigenvalue weighted by molar-refractivity contribution is 5.97. The van der Waals surface area contributed by atoms with E-state index in [1.165, 1.54) is 5.56 Å². The summed E-state index contributed by atoms with van der Waals surface area (Å²) in [6, 6.07) is 11.4. The van der Waals surface area contributed by atoms with Gasteiger partial charge in [-0.05, 0) is 74.2 Å². The van der Waals surface area contributed by atoms with Crippen LogP contribution in [0, 0.1) is 0 Å². The van der Waals surface area contributed by atoms with Crippen LogP contribution >= 0.6 is 0 Å². The van der Waals surface area contributed by atoms with E-state index in [-0.39, 0.29) is 11.8 Å². The van der Waals surface area contributed by atoms with Crippen LogP contribution < -0.4 is 14.4 Å². The molecule has 30 heavy (non-hydrogen) atoms. The van der Waals surface area contributed by atoms with Crippen LogP contribution in [0.5, 0.6) is 11.5 Å². The van der Waals surface area contributed by atoms with Gasteiger partial charge in [-0.15, -0.1) is 0 Å². The van der Waals surface area contributed by atoms with Crippen LogP contribution in [0.1, 0.15) is 48.2 Å². The molecule has 6 heteroatoms. The molecule has 0 unspecified atom stereocenters. The molecule has 0 spiro atoms. The summed E-state index contributed by atoms with van der Waals surface area (Å²) in [7, 11) is 0. The van der Waals surface area contributed by atoms with Crippen LogP contribution in [0.15, 0.2) is 36.4 Å². The first-order valence-electron chi connectivity index (χ1n) is 10.7. The van der Waals surface area contributed by atoms with Crippen molar-refractivity contribution >= 4 is 17.5 Å². The number of anilines is 1. The Morgan fingerprint density at radius 1 is 0.933 bits per heavy atom. The molecule has 0 radical (unpaired) electrons. The first-order chi connectivity index (χ1) is 14.6. The second-order valence-electron chi connectivity index (χ2n) is 7.61. The van der Waals surface area contributed by atoms with Crippen molar-refractivity contribution in [1.29, 1.82) is 0 Å². The predicted molar refractivity (Wildman–Crippen MR) is 115 cm³/mol. The molecule has 2 aromatic rings. The summed E-state index contributed by atoms with van der Waals surface area (Å²) < 4.78 is 11.5. The lowest BCUT2D eigenvalue weighted by Crippen LogP contribution is -2.36. The number of benzene rings is 2. The third-order valence-corrected chi connectivity index (χ3v) is 5.66. The fraction of sp³-hybridized carbons (Fsp3) is 0.417. The lowest BCUT2D eigenvalue weighted by Gasteiger charge is -2.30. The maximum atomic E-state index is 13.1. The van der Waals surface area contributed by atoms with E-state index in [2.05, 4.69) is 0 Å². The van der Waals surface area contributed by atoms with Crippen molar-refractivity contribution in [2.45, 2.75) is 39.7 Å². The lowest BCUT2D eigenvalue weighted by molar-refractivity contribution is -0.117. The molecule has 0 N–H and O–H groups in total. The van der Waals surface area contributed by atoms with Gasteiger partial charge in [0.25, 0.3) is 5.91 Å². The molecule has 0 saturated carbocycles. The van der Waals surface area contributed by atoms with Gasteiger partial charge in [0.05, 0.1) is 13.2 Å². The van der Waals surface area contributed by atoms with Gasteiger partial charge in [0.2, 0.25) is 5.91 Å². The van der Waals surface area contributed by atoms with E-state index in [4.69, 9.17) is 9.47 Å². The number of carbonyl (C=O) groups is 2. The van der Waals surface area contributed by atoms with Gasteiger partial charge in [0.15, 0.2) is 11.5 Å². The molecular formula is C24H28N2O4. The Labute approximate surface area is 177 Å². The highest BCUT2D eigenvalue weighted by Gasteiger charge is 2.25. The number of hydrogen-bond acceptors (Lipinski definition) is 4. The van der Waals surface area contributed by atoms with Crippen molar-refractivity contribution in [2.75, 3.05) is 31.2 Å². The van der Waals surface area contributed by atoms with Crippen molar-refractivity contribution in [2.24, 2.45) is 0 Å². The minimum Gasteiger partial charge on any atom is -0.490 e. The zero-order valence-electron chi connectivity index (χ0n) is 17.6. The Morgan fingerprint density at radius 3 is 2.20 bits per heavy atom. The fourth-order valence-electron chi connectivity index (χ4n) is 4.16. The normalized spacial score (nSPS) is 15.9. The van der Waals surface area contributed by atoms with Crippen LogP contribution in [-0.4, -0.2) is 43.0 Å². The standard InChI is InChI=1S/C24H28N2O4/c1-3-29-21-14-18-11-13-25(16-19(18)15-22(21)30-4-2)24(28)17-7-9-20(10-8-17)26-12-5-6-23(26)27/h7-10,14-15H,3-6,11-13,16H2,1-2H3. The molecule has 0 aliphatic carbocycles. The zero-order chi connectivity index (χ0) is 21.1. The summed E-state index contributed by atoms with van der Waals surface area (Å²) in [6.07, 6.45) is 2.28. The smallest absolute Gasteiger partial charge is 0.254 e. The summed E-state index contributed by atoms with van der Waals surface area (Å²) in [4.78, 5) is 28.7. The van der Waals surface area contributed by atoms with Crippen LogP contribution in [0.4, 0.5) is 5.69 Å². The van der Waals surface area contributed by atoms with Crippen LogP contribution in [0.25, 0.3) is 0 Å². The molecular weight excluding hydrogens is 380 g/mol. The molecule has 2 amide bonds. The third kappa shape index (κ3) is 3.99. The van der Waals surface area contributed by atoms with E-state index in [9.17, 15) is 9.59 Å². The predicted octanol–water partition coefficient (Wildman–Crippen LogP) is 3.81. The second-order valence-corrected chi connectivity index (χ2v) is 7.61. The van der Waals surface area contributed by atoms with Gasteiger partial charge in [-0.3, -0.25) is 9.59 Å². The number of nitrogens with zero attached hydrogens (tertiary/aromatic N) is 2. The lowest BCUT2D eigenvalue weighted by atomic mass is 9.98. The molecule has 4 rings (SSSR count). The Kier molecular flexibility index (Phi) is 5.93. The molecule has 2 heterocycles. The molecule has 2 aliphatic heterocycles. The molecule has 1 fully saturated rings. The fourth-order valence-corrected chi connectivity index (χ4v) is 4.16. The SMILES string of the molecule is CCOc1cc2c(cc1OCC)CN(C(=O)c1ccc(N3CCCC3=O)cc1)CC2. The Morgan fingerprint density at radius 2 is 1.60 bits per heavy atom. The van der Waals surface area contributed by atoms with Gasteiger partial charge in [-0.25, -0.2) is 0 Å². The molecule has 1 saturated heterocycles. The van der Waals surface area contributed by atoms with E-state index >= 15 is 0 Å². The van der Waals surface area contributed by atoms with E-state index < -0.39 is 0 Å². The quantitative estimate of drug-likeness (QED) is 0.729. The van der Waals surface area contributed by atoms with Gasteiger partial charge in [0, 0.05) is 37.3 Å². The number of fused-ring (bicyclic) bond motifs is 1. The number of hydrogen-bond donors (Lipinski definition) is 0. The van der Waals surface area contributed by atoms with E-state index in [1.807, 2.05) is 55.1 Å². The van der Waals surface area contributed by atoms with Gasteiger partial charge in [-0.1, -0.05) is 0 Å². The Balaban J connectivity index is 1.50. The molecule has 2 aliphatic rings. The Bertz CT molecular complexity index is 939. The highest BCUT2D eigenvalue weighted by Crippen LogP contribution is 2.34. The highest BCUT2D eigenvalue weighted by atomic mass is 16.5. The van der Waals surface area contributed by atoms with Crippen molar-refractivity contribution in [3.8, 4) is 11.5 Å². The van der Waals surface area contributed by atoms with Crippen LogP contribution in [0.2, 0.25) is 0 Å². The Hall–Kier alpha value is -3.02. The number of carbonyl (C=O) groups excluding carboxylic acids is 2. The molecule has 0 aromatic heterocycles. The maximum Gasteiger partial charge on any atom is 0.254 e. The summed E-state index contributed by atoms with van der Waals surface area (Å²) in [5.41, 5.74) is 3.81. The molecule has 6 nitrogen and oxygen atoms in total. The van der Waals surface area contributed by atoms with E-state index in [0.29, 0.717) is 38.3 Å². The first-order valence-corrected chi connectivity index (χ1v) is 10.7. The number of ether oxygens (including phenoxy) is 2. The molecule has 0 atom stereocenters. The van der Waals surface area contributed by atoms with Gasteiger partial charge in [-0.2, -0.15) is 0 Å². The van der Waals surface area contributed by atoms with E-state index in [0.717, 1.165) is 42.1 Å². The van der Waals surface area contributed by atoms with Crippen molar-refractivity contribution in [3.63, 3.8) is 0 Å². The summed E-state index contributed by atoms with van der Waals surface area (Å²) >= 11 is 0. The zero-order valence-corrected chi connectivity index (χ0v) is 17.6. The summed E-state index contributed by atoms with van der Waals surface area (Å²) in [5, 5.41) is 0. The van der Waals surface area contributed by atoms with Gasteiger partial charge >= 0.3 is 0 Å². The molecule has 158 valence electrons. The summed E-state index contributed by atoms with van der Waals surface area (Å²) in [6.45, 7) is 7.02. The largest absolute Gasteiger partial charge is 0.490 e. The van der Waals surface area contributed by atoms with Crippen molar-refractivity contribution in [1.82, 2.24) is 4.90 Å². The molecule has 0 bridgehead atoms. The topological polar surface area (TPSA) is 59.1 Å². The van der Waals surface area contributed by atoms with Crippen LogP contribution in [0.3, 0.4) is 0 Å². The second kappa shape index (κ2) is 8.78. The average Bonchev–Trinajstić information content (AvgIpc) is 3.19. The minimum atomic E-state index is 0.00629. The molecule has 2 aromatic carbocycles. The minimum absolute atomic E-state index is 0.00629. The maximum absolute atomic E-state index is 13.1. The van der Waals surface area contributed by atoms with Gasteiger partial charge < -0.3 is 19.3 Å². The average molecular weight is 408 g/mol. The van der Waals surface area contributed by atoms with Gasteiger partial charge in [0.1, 0.15) is 0 Å². The number of amides is 2. The first kappa shape index (κ1) is 20.3. The van der Waals surface area contributed by atoms with Crippen LogP contribution in [-0.2, 0) is 17.8 Å². The third-order valence-electron chi connectivity index (χ3n) is 5.66. The van der Waals surface area contributed by atoms with Crippen molar-refractivity contribution < 1.29 is 19.1 Å². The summed E-state index contributed by atoms with van der Waals surface area (Å²) in [5.74, 6) is 1.65. The number of rotatable bonds is 6.